The molecule has 0 saturated heterocycles. The maximum Gasteiger partial charge on any atom is 0.258 e. The van der Waals surface area contributed by atoms with Crippen molar-refractivity contribution >= 4 is 22.7 Å². The van der Waals surface area contributed by atoms with Crippen LogP contribution in [0.2, 0.25) is 0 Å². The molecule has 4 nitrogen and oxygen atoms in total. The van der Waals surface area contributed by atoms with E-state index in [1.165, 1.54) is 17.7 Å². The van der Waals surface area contributed by atoms with Gasteiger partial charge in [-0.1, -0.05) is 25.1 Å². The number of aryl methyl sites for hydroxylation is 1. The Bertz CT molecular complexity index is 1120. The maximum absolute atomic E-state index is 13.7. The van der Waals surface area contributed by atoms with E-state index in [1.54, 1.807) is 24.3 Å². The van der Waals surface area contributed by atoms with Gasteiger partial charge in [-0.05, 0) is 60.5 Å². The second-order valence-corrected chi connectivity index (χ2v) is 6.19. The average molecular weight is 360 g/mol. The van der Waals surface area contributed by atoms with E-state index < -0.39 is 11.7 Å². The first-order valence-electron chi connectivity index (χ1n) is 8.70. The smallest absolute Gasteiger partial charge is 0.258 e. The number of amides is 1. The fourth-order valence-electron chi connectivity index (χ4n) is 2.86. The summed E-state index contributed by atoms with van der Waals surface area (Å²) in [6, 6.07) is 18.9. The molecule has 1 heterocycles. The van der Waals surface area contributed by atoms with Gasteiger partial charge in [-0.15, -0.1) is 0 Å². The lowest BCUT2D eigenvalue weighted by molar-refractivity contribution is 0.102. The molecule has 1 aromatic heterocycles. The summed E-state index contributed by atoms with van der Waals surface area (Å²) >= 11 is 0. The summed E-state index contributed by atoms with van der Waals surface area (Å²) in [5.74, 6) is -0.524. The number of carbonyl (C=O) groups is 1. The molecule has 4 rings (SSSR count). The summed E-state index contributed by atoms with van der Waals surface area (Å²) in [5.41, 5.74) is 4.13. The van der Waals surface area contributed by atoms with Crippen molar-refractivity contribution in [2.24, 2.45) is 0 Å². The Morgan fingerprint density at radius 3 is 2.59 bits per heavy atom. The molecule has 0 radical (unpaired) electrons. The fourth-order valence-corrected chi connectivity index (χ4v) is 2.86. The van der Waals surface area contributed by atoms with Crippen molar-refractivity contribution in [3.05, 3.63) is 83.7 Å². The maximum atomic E-state index is 13.7. The monoisotopic (exact) mass is 360 g/mol. The number of nitrogens with zero attached hydrogens (tertiary/aromatic N) is 1. The number of halogens is 1. The van der Waals surface area contributed by atoms with Crippen LogP contribution >= 0.6 is 0 Å². The first kappa shape index (κ1) is 17.0. The van der Waals surface area contributed by atoms with Gasteiger partial charge in [0.25, 0.3) is 5.91 Å². The number of nitrogens with one attached hydrogen (secondary N) is 1. The van der Waals surface area contributed by atoms with Gasteiger partial charge in [0.1, 0.15) is 11.3 Å². The van der Waals surface area contributed by atoms with Gasteiger partial charge in [0, 0.05) is 11.3 Å². The Morgan fingerprint density at radius 2 is 1.85 bits per heavy atom. The number of aromatic nitrogens is 1. The molecule has 5 heteroatoms. The Kier molecular flexibility index (Phi) is 4.42. The third-order valence-corrected chi connectivity index (χ3v) is 4.37. The van der Waals surface area contributed by atoms with Crippen LogP contribution < -0.4 is 5.32 Å². The summed E-state index contributed by atoms with van der Waals surface area (Å²) in [6.45, 7) is 2.09. The normalized spacial score (nSPS) is 10.9. The topological polar surface area (TPSA) is 55.1 Å². The molecule has 0 saturated carbocycles. The van der Waals surface area contributed by atoms with Crippen molar-refractivity contribution in [3.8, 4) is 11.5 Å². The van der Waals surface area contributed by atoms with E-state index in [0.29, 0.717) is 11.6 Å². The van der Waals surface area contributed by atoms with E-state index in [0.717, 1.165) is 23.1 Å². The number of benzene rings is 3. The zero-order valence-electron chi connectivity index (χ0n) is 14.7. The molecular formula is C22H17FN2O2. The number of hydrogen-bond acceptors (Lipinski definition) is 3. The molecule has 0 fully saturated rings. The number of oxazole rings is 1. The largest absolute Gasteiger partial charge is 0.436 e. The zero-order chi connectivity index (χ0) is 18.8. The van der Waals surface area contributed by atoms with Gasteiger partial charge >= 0.3 is 0 Å². The van der Waals surface area contributed by atoms with Gasteiger partial charge in [0.05, 0.1) is 5.56 Å². The highest BCUT2D eigenvalue weighted by Crippen LogP contribution is 2.26. The fraction of sp³-hybridized carbons (Fsp3) is 0.0909. The van der Waals surface area contributed by atoms with E-state index in [4.69, 9.17) is 4.42 Å². The Balaban J connectivity index is 1.55. The summed E-state index contributed by atoms with van der Waals surface area (Å²) < 4.78 is 19.5. The van der Waals surface area contributed by atoms with E-state index in [-0.39, 0.29) is 5.56 Å². The summed E-state index contributed by atoms with van der Waals surface area (Å²) in [4.78, 5) is 16.7. The summed E-state index contributed by atoms with van der Waals surface area (Å²) in [6.07, 6.45) is 0.939. The van der Waals surface area contributed by atoms with E-state index >= 15 is 0 Å². The molecule has 134 valence electrons. The molecule has 0 spiro atoms. The van der Waals surface area contributed by atoms with Crippen LogP contribution in [0, 0.1) is 5.82 Å². The van der Waals surface area contributed by atoms with Gasteiger partial charge in [0.15, 0.2) is 5.58 Å². The van der Waals surface area contributed by atoms with Gasteiger partial charge in [-0.2, -0.15) is 0 Å². The van der Waals surface area contributed by atoms with Crippen LogP contribution in [0.15, 0.2) is 71.1 Å². The minimum absolute atomic E-state index is 0.00672. The summed E-state index contributed by atoms with van der Waals surface area (Å²) in [5, 5.41) is 2.69. The van der Waals surface area contributed by atoms with Crippen LogP contribution in [0.4, 0.5) is 10.1 Å². The molecule has 0 bridgehead atoms. The van der Waals surface area contributed by atoms with Gasteiger partial charge in [-0.25, -0.2) is 9.37 Å². The number of fused-ring (bicyclic) bond motifs is 1. The number of hydrogen-bond donors (Lipinski definition) is 1. The van der Waals surface area contributed by atoms with Crippen LogP contribution in [-0.2, 0) is 6.42 Å². The molecule has 3 aromatic carbocycles. The van der Waals surface area contributed by atoms with E-state index in [2.05, 4.69) is 17.2 Å². The van der Waals surface area contributed by atoms with E-state index in [1.807, 2.05) is 30.3 Å². The number of rotatable bonds is 4. The number of anilines is 1. The highest BCUT2D eigenvalue weighted by Gasteiger charge is 2.12. The molecule has 1 amide bonds. The van der Waals surface area contributed by atoms with Crippen molar-refractivity contribution in [2.75, 3.05) is 5.32 Å². The molecule has 0 atom stereocenters. The lowest BCUT2D eigenvalue weighted by atomic mass is 10.1. The van der Waals surface area contributed by atoms with Crippen molar-refractivity contribution in [1.82, 2.24) is 4.98 Å². The molecule has 1 N–H and O–H groups in total. The van der Waals surface area contributed by atoms with Crippen molar-refractivity contribution in [1.29, 1.82) is 0 Å². The van der Waals surface area contributed by atoms with Crippen LogP contribution in [-0.4, -0.2) is 10.9 Å². The quantitative estimate of drug-likeness (QED) is 0.526. The van der Waals surface area contributed by atoms with Crippen LogP contribution in [0.3, 0.4) is 0 Å². The third-order valence-electron chi connectivity index (χ3n) is 4.37. The Morgan fingerprint density at radius 1 is 1.07 bits per heavy atom. The first-order chi connectivity index (χ1) is 13.1. The Labute approximate surface area is 155 Å². The van der Waals surface area contributed by atoms with Gasteiger partial charge in [-0.3, -0.25) is 4.79 Å². The van der Waals surface area contributed by atoms with Crippen LogP contribution in [0.25, 0.3) is 22.6 Å². The summed E-state index contributed by atoms with van der Waals surface area (Å²) in [7, 11) is 0. The third kappa shape index (κ3) is 3.44. The molecule has 4 aromatic rings. The second kappa shape index (κ2) is 7.03. The average Bonchev–Trinajstić information content (AvgIpc) is 3.12. The predicted molar refractivity (Wildman–Crippen MR) is 103 cm³/mol. The molecule has 0 aliphatic rings. The minimum atomic E-state index is -0.551. The standard InChI is InChI=1S/C22H17FN2O2/c1-2-14-7-12-20-19(13-14)25-22(27-20)15-8-10-16(11-9-15)24-21(26)17-5-3-4-6-18(17)23/h3-13H,2H2,1H3,(H,24,26). The molecule has 27 heavy (non-hydrogen) atoms. The second-order valence-electron chi connectivity index (χ2n) is 6.19. The van der Waals surface area contributed by atoms with Crippen molar-refractivity contribution in [2.45, 2.75) is 13.3 Å². The Hall–Kier alpha value is -3.47. The van der Waals surface area contributed by atoms with E-state index in [9.17, 15) is 9.18 Å². The molecule has 0 unspecified atom stereocenters. The van der Waals surface area contributed by atoms with Crippen molar-refractivity contribution < 1.29 is 13.6 Å². The molecular weight excluding hydrogens is 343 g/mol. The molecule has 0 aliphatic carbocycles. The van der Waals surface area contributed by atoms with Gasteiger partial charge in [0.2, 0.25) is 5.89 Å². The first-order valence-corrected chi connectivity index (χ1v) is 8.70. The molecule has 0 aliphatic heterocycles. The lowest BCUT2D eigenvalue weighted by Gasteiger charge is -2.06. The SMILES string of the molecule is CCc1ccc2oc(-c3ccc(NC(=O)c4ccccc4F)cc3)nc2c1. The van der Waals surface area contributed by atoms with Crippen molar-refractivity contribution in [3.63, 3.8) is 0 Å². The highest BCUT2D eigenvalue weighted by molar-refractivity contribution is 6.04. The number of carbonyl (C=O) groups excluding carboxylic acids is 1. The van der Waals surface area contributed by atoms with Crippen LogP contribution in [0.1, 0.15) is 22.8 Å². The lowest BCUT2D eigenvalue weighted by Crippen LogP contribution is -2.13. The highest BCUT2D eigenvalue weighted by atomic mass is 19.1. The van der Waals surface area contributed by atoms with Gasteiger partial charge < -0.3 is 9.73 Å². The zero-order valence-corrected chi connectivity index (χ0v) is 14.7. The van der Waals surface area contributed by atoms with Crippen LogP contribution in [0.5, 0.6) is 0 Å². The minimum Gasteiger partial charge on any atom is -0.436 e. The predicted octanol–water partition coefficient (Wildman–Crippen LogP) is 5.45.